The van der Waals surface area contributed by atoms with Crippen molar-refractivity contribution in [2.45, 2.75) is 25.7 Å². The summed E-state index contributed by atoms with van der Waals surface area (Å²) in [6, 6.07) is 2.04. The lowest BCUT2D eigenvalue weighted by Crippen LogP contribution is -2.35. The molecule has 3 aromatic rings. The summed E-state index contributed by atoms with van der Waals surface area (Å²) in [5, 5.41) is 6.14. The number of fused-ring (bicyclic) bond motifs is 1. The first-order chi connectivity index (χ1) is 10.3. The Bertz CT molecular complexity index is 767. The first-order valence-corrected chi connectivity index (χ1v) is 7.92. The van der Waals surface area contributed by atoms with Crippen LogP contribution in [0.4, 0.5) is 5.82 Å². The molecule has 0 bridgehead atoms. The Hall–Kier alpha value is -2.02. The lowest BCUT2D eigenvalue weighted by atomic mass is 9.97. The van der Waals surface area contributed by atoms with E-state index in [1.54, 1.807) is 17.7 Å². The van der Waals surface area contributed by atoms with E-state index in [0.717, 1.165) is 47.8 Å². The van der Waals surface area contributed by atoms with Crippen LogP contribution >= 0.6 is 11.3 Å². The van der Waals surface area contributed by atoms with Gasteiger partial charge in [-0.05, 0) is 24.3 Å². The highest BCUT2D eigenvalue weighted by Gasteiger charge is 2.26. The van der Waals surface area contributed by atoms with E-state index in [1.165, 1.54) is 0 Å². The Labute approximate surface area is 125 Å². The lowest BCUT2D eigenvalue weighted by Gasteiger charge is -2.32. The number of hydrogen-bond donors (Lipinski definition) is 0. The Balaban J connectivity index is 1.65. The third-order valence-corrected chi connectivity index (χ3v) is 4.75. The molecule has 3 aromatic heterocycles. The first kappa shape index (κ1) is 12.7. The number of anilines is 1. The summed E-state index contributed by atoms with van der Waals surface area (Å²) >= 11 is 1.69. The number of aryl methyl sites for hydroxylation is 1. The first-order valence-electron chi connectivity index (χ1n) is 7.04. The van der Waals surface area contributed by atoms with Crippen molar-refractivity contribution in [1.29, 1.82) is 0 Å². The van der Waals surface area contributed by atoms with E-state index < -0.39 is 0 Å². The molecule has 6 nitrogen and oxygen atoms in total. The lowest BCUT2D eigenvalue weighted by molar-refractivity contribution is 0.377. The van der Waals surface area contributed by atoms with Crippen LogP contribution in [-0.4, -0.2) is 33.2 Å². The molecule has 1 unspecified atom stereocenters. The van der Waals surface area contributed by atoms with Crippen LogP contribution in [0.2, 0.25) is 0 Å². The predicted octanol–water partition coefficient (Wildman–Crippen LogP) is 2.77. The summed E-state index contributed by atoms with van der Waals surface area (Å²) in [6.45, 7) is 3.72. The molecule has 0 aliphatic carbocycles. The monoisotopic (exact) mass is 301 g/mol. The molecular formula is C14H15N5OS. The highest BCUT2D eigenvalue weighted by atomic mass is 32.1. The number of hydrogen-bond acceptors (Lipinski definition) is 7. The van der Waals surface area contributed by atoms with E-state index in [0.29, 0.717) is 11.8 Å². The van der Waals surface area contributed by atoms with Crippen molar-refractivity contribution in [3.8, 4) is 0 Å². The SMILES string of the molecule is Cc1nc(C2CCCN(c3ncnc4ccsc34)C2)no1. The summed E-state index contributed by atoms with van der Waals surface area (Å²) in [5.74, 6) is 2.78. The van der Waals surface area contributed by atoms with E-state index >= 15 is 0 Å². The molecular weight excluding hydrogens is 286 g/mol. The maximum Gasteiger partial charge on any atom is 0.223 e. The second-order valence-electron chi connectivity index (χ2n) is 5.29. The van der Waals surface area contributed by atoms with Gasteiger partial charge in [0.2, 0.25) is 5.89 Å². The quantitative estimate of drug-likeness (QED) is 0.725. The summed E-state index contributed by atoms with van der Waals surface area (Å²) in [4.78, 5) is 15.5. The van der Waals surface area contributed by atoms with Crippen LogP contribution in [0.15, 0.2) is 22.3 Å². The van der Waals surface area contributed by atoms with Gasteiger partial charge in [-0.25, -0.2) is 9.97 Å². The van der Waals surface area contributed by atoms with Crippen LogP contribution in [-0.2, 0) is 0 Å². The van der Waals surface area contributed by atoms with Gasteiger partial charge >= 0.3 is 0 Å². The van der Waals surface area contributed by atoms with Gasteiger partial charge in [0, 0.05) is 25.9 Å². The molecule has 0 amide bonds. The Morgan fingerprint density at radius 2 is 2.33 bits per heavy atom. The molecule has 1 aliphatic heterocycles. The summed E-state index contributed by atoms with van der Waals surface area (Å²) < 4.78 is 6.27. The molecule has 0 radical (unpaired) electrons. The van der Waals surface area contributed by atoms with E-state index in [2.05, 4.69) is 30.4 Å². The summed E-state index contributed by atoms with van der Waals surface area (Å²) in [6.07, 6.45) is 3.84. The van der Waals surface area contributed by atoms with E-state index in [4.69, 9.17) is 4.52 Å². The van der Waals surface area contributed by atoms with E-state index in [-0.39, 0.29) is 0 Å². The van der Waals surface area contributed by atoms with Gasteiger partial charge in [-0.3, -0.25) is 0 Å². The van der Waals surface area contributed by atoms with Crippen molar-refractivity contribution >= 4 is 27.4 Å². The molecule has 0 saturated carbocycles. The van der Waals surface area contributed by atoms with Crippen LogP contribution in [0, 0.1) is 6.92 Å². The average molecular weight is 301 g/mol. The van der Waals surface area contributed by atoms with E-state index in [1.807, 2.05) is 13.0 Å². The predicted molar refractivity (Wildman–Crippen MR) is 80.6 cm³/mol. The smallest absolute Gasteiger partial charge is 0.223 e. The zero-order chi connectivity index (χ0) is 14.2. The minimum atomic E-state index is 0.307. The molecule has 7 heteroatoms. The maximum atomic E-state index is 5.11. The van der Waals surface area contributed by atoms with Crippen LogP contribution in [0.5, 0.6) is 0 Å². The van der Waals surface area contributed by atoms with Crippen molar-refractivity contribution in [3.05, 3.63) is 29.5 Å². The van der Waals surface area contributed by atoms with Gasteiger partial charge in [0.1, 0.15) is 12.1 Å². The fourth-order valence-corrected chi connectivity index (χ4v) is 3.72. The zero-order valence-electron chi connectivity index (χ0n) is 11.7. The Kier molecular flexibility index (Phi) is 3.07. The molecule has 0 N–H and O–H groups in total. The number of nitrogens with zero attached hydrogens (tertiary/aromatic N) is 5. The van der Waals surface area contributed by atoms with Crippen LogP contribution in [0.3, 0.4) is 0 Å². The molecule has 0 spiro atoms. The number of rotatable bonds is 2. The molecule has 4 rings (SSSR count). The van der Waals surface area contributed by atoms with Gasteiger partial charge in [0.05, 0.1) is 10.2 Å². The molecule has 4 heterocycles. The topological polar surface area (TPSA) is 67.9 Å². The number of thiophene rings is 1. The maximum absolute atomic E-state index is 5.11. The minimum absolute atomic E-state index is 0.307. The molecule has 1 fully saturated rings. The Morgan fingerprint density at radius 3 is 3.19 bits per heavy atom. The van der Waals surface area contributed by atoms with Gasteiger partial charge in [-0.1, -0.05) is 5.16 Å². The van der Waals surface area contributed by atoms with Gasteiger partial charge in [0.25, 0.3) is 0 Å². The molecule has 108 valence electrons. The van der Waals surface area contributed by atoms with Gasteiger partial charge in [-0.15, -0.1) is 11.3 Å². The number of aromatic nitrogens is 4. The summed E-state index contributed by atoms with van der Waals surface area (Å²) in [7, 11) is 0. The molecule has 21 heavy (non-hydrogen) atoms. The molecule has 1 aliphatic rings. The molecule has 1 atom stereocenters. The van der Waals surface area contributed by atoms with Crippen molar-refractivity contribution in [3.63, 3.8) is 0 Å². The van der Waals surface area contributed by atoms with Crippen molar-refractivity contribution in [1.82, 2.24) is 20.1 Å². The van der Waals surface area contributed by atoms with Gasteiger partial charge < -0.3 is 9.42 Å². The largest absolute Gasteiger partial charge is 0.355 e. The highest BCUT2D eigenvalue weighted by molar-refractivity contribution is 7.17. The van der Waals surface area contributed by atoms with E-state index in [9.17, 15) is 0 Å². The van der Waals surface area contributed by atoms with Gasteiger partial charge in [0.15, 0.2) is 5.82 Å². The average Bonchev–Trinajstić information content (AvgIpc) is 3.15. The zero-order valence-corrected chi connectivity index (χ0v) is 12.5. The third-order valence-electron chi connectivity index (χ3n) is 3.85. The second kappa shape index (κ2) is 5.07. The highest BCUT2D eigenvalue weighted by Crippen LogP contribution is 2.33. The standard InChI is InChI=1S/C14H15N5OS/c1-9-17-13(18-20-9)10-3-2-5-19(7-10)14-12-11(4-6-21-12)15-8-16-14/h4,6,8,10H,2-3,5,7H2,1H3. The Morgan fingerprint density at radius 1 is 1.38 bits per heavy atom. The second-order valence-corrected chi connectivity index (χ2v) is 6.21. The molecule has 0 aromatic carbocycles. The molecule has 1 saturated heterocycles. The van der Waals surface area contributed by atoms with Crippen molar-refractivity contribution < 1.29 is 4.52 Å². The van der Waals surface area contributed by atoms with Crippen molar-refractivity contribution in [2.24, 2.45) is 0 Å². The van der Waals surface area contributed by atoms with Crippen LogP contribution in [0.25, 0.3) is 10.2 Å². The van der Waals surface area contributed by atoms with Crippen LogP contribution in [0.1, 0.15) is 30.5 Å². The van der Waals surface area contributed by atoms with Crippen molar-refractivity contribution in [2.75, 3.05) is 18.0 Å². The normalized spacial score (nSPS) is 19.3. The summed E-state index contributed by atoms with van der Waals surface area (Å²) in [5.41, 5.74) is 1.02. The minimum Gasteiger partial charge on any atom is -0.355 e. The fraction of sp³-hybridized carbons (Fsp3) is 0.429. The number of piperidine rings is 1. The third kappa shape index (κ3) is 2.27. The fourth-order valence-electron chi connectivity index (χ4n) is 2.86. The van der Waals surface area contributed by atoms with Crippen LogP contribution < -0.4 is 4.90 Å². The van der Waals surface area contributed by atoms with Gasteiger partial charge in [-0.2, -0.15) is 4.98 Å².